The van der Waals surface area contributed by atoms with E-state index in [-0.39, 0.29) is 23.8 Å². The summed E-state index contributed by atoms with van der Waals surface area (Å²) in [5.41, 5.74) is 0.377. The molecule has 3 atom stereocenters. The molecule has 1 N–H and O–H groups in total. The molecule has 1 aliphatic carbocycles. The largest absolute Gasteiger partial charge is 0.467 e. The van der Waals surface area contributed by atoms with Crippen LogP contribution in [0.5, 0.6) is 0 Å². The number of hydrogen-bond donors (Lipinski definition) is 1. The van der Waals surface area contributed by atoms with Crippen LogP contribution in [0.3, 0.4) is 0 Å². The van der Waals surface area contributed by atoms with E-state index in [2.05, 4.69) is 17.2 Å². The van der Waals surface area contributed by atoms with Crippen LogP contribution >= 0.6 is 0 Å². The summed E-state index contributed by atoms with van der Waals surface area (Å²) < 4.78 is 7.19. The molecule has 7 heteroatoms. The van der Waals surface area contributed by atoms with Gasteiger partial charge >= 0.3 is 0 Å². The Balaban J connectivity index is 1.46. The van der Waals surface area contributed by atoms with Gasteiger partial charge in [-0.1, -0.05) is 6.92 Å². The summed E-state index contributed by atoms with van der Waals surface area (Å²) in [5, 5.41) is 2.80. The lowest BCUT2D eigenvalue weighted by Gasteiger charge is -2.34. The topological polar surface area (TPSA) is 80.4 Å². The zero-order chi connectivity index (χ0) is 17.6. The molecule has 0 spiro atoms. The van der Waals surface area contributed by atoms with Gasteiger partial charge in [0.05, 0.1) is 18.8 Å². The Morgan fingerprint density at radius 2 is 2.16 bits per heavy atom. The first kappa shape index (κ1) is 15.9. The fraction of sp³-hybridized carbons (Fsp3) is 0.500. The maximum absolute atomic E-state index is 12.6. The van der Waals surface area contributed by atoms with Crippen LogP contribution in [0.15, 0.2) is 29.0 Å². The fourth-order valence-electron chi connectivity index (χ4n) is 3.45. The van der Waals surface area contributed by atoms with E-state index in [1.54, 1.807) is 18.5 Å². The highest BCUT2D eigenvalue weighted by Gasteiger charge is 2.44. The number of carbonyl (C=O) groups excluding carboxylic acids is 2. The molecule has 0 aromatic carbocycles. The van der Waals surface area contributed by atoms with Crippen molar-refractivity contribution in [3.8, 4) is 0 Å². The molecular formula is C18H22N4O3. The van der Waals surface area contributed by atoms with Crippen LogP contribution in [0, 0.1) is 11.8 Å². The Bertz CT molecular complexity index is 795. The van der Waals surface area contributed by atoms with Gasteiger partial charge in [0.15, 0.2) is 0 Å². The van der Waals surface area contributed by atoms with Crippen LogP contribution in [0.1, 0.15) is 48.4 Å². The summed E-state index contributed by atoms with van der Waals surface area (Å²) in [6.07, 6.45) is 4.33. The van der Waals surface area contributed by atoms with E-state index in [4.69, 9.17) is 4.42 Å². The van der Waals surface area contributed by atoms with Crippen LogP contribution < -0.4 is 5.32 Å². The first-order chi connectivity index (χ1) is 12.0. The minimum Gasteiger partial charge on any atom is -0.467 e. The van der Waals surface area contributed by atoms with E-state index >= 15 is 0 Å². The van der Waals surface area contributed by atoms with Gasteiger partial charge in [-0.05, 0) is 31.4 Å². The molecule has 132 valence electrons. The highest BCUT2D eigenvalue weighted by Crippen LogP contribution is 2.41. The van der Waals surface area contributed by atoms with Crippen molar-refractivity contribution in [3.05, 3.63) is 41.9 Å². The number of imidazole rings is 1. The maximum atomic E-state index is 12.6. The molecule has 1 fully saturated rings. The molecule has 0 saturated heterocycles. The molecular weight excluding hydrogens is 320 g/mol. The lowest BCUT2D eigenvalue weighted by molar-refractivity contribution is -0.136. The number of fused-ring (bicyclic) bond motifs is 1. The molecule has 2 aromatic heterocycles. The summed E-state index contributed by atoms with van der Waals surface area (Å²) in [6, 6.07) is 3.48. The summed E-state index contributed by atoms with van der Waals surface area (Å²) in [6.45, 7) is 5.76. The standard InChI is InChI=1S/C18H22N4O3/c1-11-8-14(11)18(24)22-6-5-21-10-15(20-16(21)12(22)2)17(23)19-9-13-4-3-7-25-13/h3-4,7,10-12,14H,5-6,8-9H2,1-2H3,(H,19,23)/t11-,12-,14-/m1/s1. The smallest absolute Gasteiger partial charge is 0.271 e. The second kappa shape index (κ2) is 6.06. The lowest BCUT2D eigenvalue weighted by Crippen LogP contribution is -2.42. The van der Waals surface area contributed by atoms with Crippen LogP contribution in [-0.4, -0.2) is 32.8 Å². The summed E-state index contributed by atoms with van der Waals surface area (Å²) in [4.78, 5) is 31.3. The normalized spacial score (nSPS) is 24.7. The SMILES string of the molecule is C[C@@H]1C[C@H]1C(=O)N1CCn2cc(C(=O)NCc3ccco3)nc2[C@H]1C. The van der Waals surface area contributed by atoms with E-state index in [1.165, 1.54) is 0 Å². The molecule has 25 heavy (non-hydrogen) atoms. The number of nitrogens with zero attached hydrogens (tertiary/aromatic N) is 3. The molecule has 0 radical (unpaired) electrons. The summed E-state index contributed by atoms with van der Waals surface area (Å²) >= 11 is 0. The Morgan fingerprint density at radius 1 is 1.36 bits per heavy atom. The predicted molar refractivity (Wildman–Crippen MR) is 89.5 cm³/mol. The third kappa shape index (κ3) is 2.94. The van der Waals surface area contributed by atoms with E-state index < -0.39 is 0 Å². The van der Waals surface area contributed by atoms with Crippen molar-refractivity contribution in [1.29, 1.82) is 0 Å². The second-order valence-corrected chi connectivity index (χ2v) is 6.97. The first-order valence-corrected chi connectivity index (χ1v) is 8.72. The van der Waals surface area contributed by atoms with Crippen molar-refractivity contribution in [1.82, 2.24) is 19.8 Å². The van der Waals surface area contributed by atoms with Gasteiger partial charge in [-0.15, -0.1) is 0 Å². The molecule has 2 aliphatic rings. The third-order valence-electron chi connectivity index (χ3n) is 5.18. The molecule has 0 bridgehead atoms. The Labute approximate surface area is 146 Å². The first-order valence-electron chi connectivity index (χ1n) is 8.72. The number of rotatable bonds is 4. The van der Waals surface area contributed by atoms with Crippen molar-refractivity contribution < 1.29 is 14.0 Å². The Hall–Kier alpha value is -2.57. The van der Waals surface area contributed by atoms with Gasteiger partial charge in [0.25, 0.3) is 5.91 Å². The van der Waals surface area contributed by atoms with E-state index in [0.717, 1.165) is 12.2 Å². The van der Waals surface area contributed by atoms with Crippen molar-refractivity contribution in [2.45, 2.75) is 39.4 Å². The van der Waals surface area contributed by atoms with Gasteiger partial charge in [-0.25, -0.2) is 4.98 Å². The average molecular weight is 342 g/mol. The molecule has 1 saturated carbocycles. The van der Waals surface area contributed by atoms with Gasteiger partial charge < -0.3 is 19.2 Å². The number of nitrogens with one attached hydrogen (secondary N) is 1. The second-order valence-electron chi connectivity index (χ2n) is 6.97. The number of amides is 2. The van der Waals surface area contributed by atoms with Crippen molar-refractivity contribution in [2.75, 3.05) is 6.54 Å². The molecule has 0 unspecified atom stereocenters. The van der Waals surface area contributed by atoms with E-state index in [0.29, 0.717) is 37.0 Å². The summed E-state index contributed by atoms with van der Waals surface area (Å²) in [7, 11) is 0. The number of hydrogen-bond acceptors (Lipinski definition) is 4. The van der Waals surface area contributed by atoms with Gasteiger partial charge in [0.1, 0.15) is 17.3 Å². The van der Waals surface area contributed by atoms with Gasteiger partial charge in [0.2, 0.25) is 5.91 Å². The molecule has 3 heterocycles. The van der Waals surface area contributed by atoms with Crippen LogP contribution in [0.25, 0.3) is 0 Å². The lowest BCUT2D eigenvalue weighted by atomic mass is 10.1. The molecule has 2 aromatic rings. The molecule has 1 aliphatic heterocycles. The molecule has 2 amide bonds. The van der Waals surface area contributed by atoms with Crippen molar-refractivity contribution >= 4 is 11.8 Å². The highest BCUT2D eigenvalue weighted by molar-refractivity contribution is 5.92. The van der Waals surface area contributed by atoms with Gasteiger partial charge in [-0.3, -0.25) is 9.59 Å². The fourth-order valence-corrected chi connectivity index (χ4v) is 3.45. The predicted octanol–water partition coefficient (Wildman–Crippen LogP) is 1.97. The van der Waals surface area contributed by atoms with E-state index in [1.807, 2.05) is 22.5 Å². The van der Waals surface area contributed by atoms with Crippen molar-refractivity contribution in [3.63, 3.8) is 0 Å². The zero-order valence-electron chi connectivity index (χ0n) is 14.4. The number of furan rings is 1. The zero-order valence-corrected chi connectivity index (χ0v) is 14.4. The monoisotopic (exact) mass is 342 g/mol. The number of aromatic nitrogens is 2. The quantitative estimate of drug-likeness (QED) is 0.921. The maximum Gasteiger partial charge on any atom is 0.271 e. The minimum absolute atomic E-state index is 0.110. The van der Waals surface area contributed by atoms with Crippen LogP contribution in [0.2, 0.25) is 0 Å². The molecule has 4 rings (SSSR count). The van der Waals surface area contributed by atoms with Gasteiger partial charge in [-0.2, -0.15) is 0 Å². The van der Waals surface area contributed by atoms with E-state index in [9.17, 15) is 9.59 Å². The van der Waals surface area contributed by atoms with Crippen LogP contribution in [-0.2, 0) is 17.9 Å². The minimum atomic E-state index is -0.237. The Kier molecular flexibility index (Phi) is 3.86. The van der Waals surface area contributed by atoms with Gasteiger partial charge in [0, 0.05) is 25.2 Å². The Morgan fingerprint density at radius 3 is 2.84 bits per heavy atom. The number of carbonyl (C=O) groups is 2. The summed E-state index contributed by atoms with van der Waals surface area (Å²) in [5.74, 6) is 2.11. The van der Waals surface area contributed by atoms with Crippen LogP contribution in [0.4, 0.5) is 0 Å². The molecule has 7 nitrogen and oxygen atoms in total. The average Bonchev–Trinajstić information content (AvgIpc) is 3.03. The van der Waals surface area contributed by atoms with Crippen molar-refractivity contribution in [2.24, 2.45) is 11.8 Å². The highest BCUT2D eigenvalue weighted by atomic mass is 16.3. The third-order valence-corrected chi connectivity index (χ3v) is 5.18.